The summed E-state index contributed by atoms with van der Waals surface area (Å²) in [5, 5.41) is 0.836. The summed E-state index contributed by atoms with van der Waals surface area (Å²) in [7, 11) is -2.36. The number of carbonyl (C=O) groups excluding carboxylic acids is 1. The van der Waals surface area contributed by atoms with E-state index in [2.05, 4.69) is 21.3 Å². The number of aromatic nitrogens is 2. The van der Waals surface area contributed by atoms with Crippen LogP contribution in [0.3, 0.4) is 0 Å². The molecule has 1 saturated heterocycles. The van der Waals surface area contributed by atoms with E-state index in [-0.39, 0.29) is 17.3 Å². The molecule has 0 aliphatic carbocycles. The largest absolute Gasteiger partial charge is 0.497 e. The molecule has 0 atom stereocenters. The van der Waals surface area contributed by atoms with Crippen molar-refractivity contribution in [2.24, 2.45) is 0 Å². The molecular formula is C31H33N5O5S. The number of rotatable bonds is 7. The number of hydroxylamine groups is 1. The first-order valence-electron chi connectivity index (χ1n) is 13.8. The number of likely N-dealkylation sites (tertiary alicyclic amines) is 1. The van der Waals surface area contributed by atoms with Gasteiger partial charge in [0, 0.05) is 55.5 Å². The molecule has 218 valence electrons. The molecule has 6 rings (SSSR count). The van der Waals surface area contributed by atoms with E-state index in [0.29, 0.717) is 54.0 Å². The van der Waals surface area contributed by atoms with E-state index in [9.17, 15) is 13.2 Å². The monoisotopic (exact) mass is 587 g/mol. The van der Waals surface area contributed by atoms with Gasteiger partial charge in [0.15, 0.2) is 0 Å². The van der Waals surface area contributed by atoms with E-state index in [1.165, 1.54) is 0 Å². The third-order valence-electron chi connectivity index (χ3n) is 8.00. The highest BCUT2D eigenvalue weighted by atomic mass is 32.2. The Kier molecular flexibility index (Phi) is 7.15. The molecule has 0 radical (unpaired) electrons. The van der Waals surface area contributed by atoms with Crippen molar-refractivity contribution >= 4 is 38.2 Å². The van der Waals surface area contributed by atoms with Gasteiger partial charge < -0.3 is 14.2 Å². The van der Waals surface area contributed by atoms with Gasteiger partial charge in [-0.25, -0.2) is 8.42 Å². The fraction of sp³-hybridized carbons (Fsp3) is 0.290. The summed E-state index contributed by atoms with van der Waals surface area (Å²) < 4.78 is 37.0. The van der Waals surface area contributed by atoms with Crippen LogP contribution in [0.4, 0.5) is 5.69 Å². The minimum Gasteiger partial charge on any atom is -0.497 e. The molecule has 4 heterocycles. The number of hydrogen-bond donors (Lipinski definition) is 2. The maximum absolute atomic E-state index is 13.6. The molecule has 2 N–H and O–H groups in total. The number of pyridine rings is 1. The normalized spacial score (nSPS) is 16.4. The molecule has 1 fully saturated rings. The number of carbonyl (C=O) groups is 1. The second-order valence-electron chi connectivity index (χ2n) is 10.8. The fourth-order valence-electron chi connectivity index (χ4n) is 5.90. The van der Waals surface area contributed by atoms with Gasteiger partial charge >= 0.3 is 0 Å². The van der Waals surface area contributed by atoms with Crippen LogP contribution >= 0.6 is 0 Å². The number of para-hydroxylation sites is 1. The van der Waals surface area contributed by atoms with Gasteiger partial charge in [0.05, 0.1) is 28.9 Å². The second kappa shape index (κ2) is 10.8. The van der Waals surface area contributed by atoms with Crippen LogP contribution in [-0.4, -0.2) is 54.6 Å². The van der Waals surface area contributed by atoms with Crippen molar-refractivity contribution in [3.05, 3.63) is 89.9 Å². The molecule has 2 aliphatic heterocycles. The molecule has 42 heavy (non-hydrogen) atoms. The zero-order chi connectivity index (χ0) is 29.5. The number of amides is 1. The van der Waals surface area contributed by atoms with Crippen molar-refractivity contribution < 1.29 is 22.8 Å². The molecule has 0 unspecified atom stereocenters. The molecule has 2 aromatic carbocycles. The molecule has 0 bridgehead atoms. The van der Waals surface area contributed by atoms with Crippen molar-refractivity contribution in [1.29, 1.82) is 0 Å². The minimum absolute atomic E-state index is 0.0360. The summed E-state index contributed by atoms with van der Waals surface area (Å²) in [5.41, 5.74) is 6.74. The van der Waals surface area contributed by atoms with Gasteiger partial charge in [-0.05, 0) is 67.4 Å². The molecule has 2 aliphatic rings. The molecule has 0 saturated carbocycles. The maximum Gasteiger partial charge on any atom is 0.262 e. The Morgan fingerprint density at radius 3 is 2.50 bits per heavy atom. The number of hydrogen-bond acceptors (Lipinski definition) is 7. The maximum atomic E-state index is 13.6. The lowest BCUT2D eigenvalue weighted by atomic mass is 9.90. The summed E-state index contributed by atoms with van der Waals surface area (Å²) in [4.78, 5) is 25.6. The Bertz CT molecular complexity index is 1770. The lowest BCUT2D eigenvalue weighted by Crippen LogP contribution is -2.47. The predicted octanol–water partition coefficient (Wildman–Crippen LogP) is 4.40. The quantitative estimate of drug-likeness (QED) is 0.329. The number of anilines is 1. The Labute approximate surface area is 245 Å². The number of sulfonamides is 1. The zero-order valence-electron chi connectivity index (χ0n) is 23.8. The van der Waals surface area contributed by atoms with Crippen LogP contribution < -0.4 is 14.9 Å². The number of ether oxygens (including phenoxy) is 1. The van der Waals surface area contributed by atoms with E-state index >= 15 is 0 Å². The van der Waals surface area contributed by atoms with Crippen molar-refractivity contribution in [2.75, 3.05) is 24.9 Å². The van der Waals surface area contributed by atoms with Gasteiger partial charge in [0.25, 0.3) is 10.0 Å². The Morgan fingerprint density at radius 2 is 1.81 bits per heavy atom. The lowest BCUT2D eigenvalue weighted by molar-refractivity contribution is -0.137. The third-order valence-corrected chi connectivity index (χ3v) is 9.67. The Balaban J connectivity index is 1.19. The zero-order valence-corrected chi connectivity index (χ0v) is 24.6. The summed E-state index contributed by atoms with van der Waals surface area (Å²) in [6, 6.07) is 14.6. The van der Waals surface area contributed by atoms with E-state index in [1.807, 2.05) is 39.9 Å². The van der Waals surface area contributed by atoms with E-state index < -0.39 is 15.6 Å². The average Bonchev–Trinajstić information content (AvgIpc) is 3.58. The summed E-state index contributed by atoms with van der Waals surface area (Å²) in [6.45, 7) is 4.69. The molecule has 4 aromatic rings. The van der Waals surface area contributed by atoms with Crippen LogP contribution in [-0.2, 0) is 26.2 Å². The molecular weight excluding hydrogens is 554 g/mol. The van der Waals surface area contributed by atoms with E-state index in [4.69, 9.17) is 9.57 Å². The SMILES string of the molecule is COc1cc(C)c(S(=O)(=O)Nc2cccc3ccn(CC(=O)N4CCC5(C=C(c6ccncc6)NO5)CC4)c23)c(C)c1. The summed E-state index contributed by atoms with van der Waals surface area (Å²) >= 11 is 0. The van der Waals surface area contributed by atoms with Crippen LogP contribution in [0.5, 0.6) is 5.75 Å². The van der Waals surface area contributed by atoms with E-state index in [1.54, 1.807) is 57.6 Å². The van der Waals surface area contributed by atoms with E-state index in [0.717, 1.165) is 16.6 Å². The Hall–Kier alpha value is -4.35. The van der Waals surface area contributed by atoms with Crippen LogP contribution in [0.25, 0.3) is 16.6 Å². The van der Waals surface area contributed by atoms with Gasteiger partial charge in [-0.2, -0.15) is 0 Å². The number of fused-ring (bicyclic) bond motifs is 1. The average molecular weight is 588 g/mol. The van der Waals surface area contributed by atoms with Crippen LogP contribution in [0.2, 0.25) is 0 Å². The lowest BCUT2D eigenvalue weighted by Gasteiger charge is -2.36. The minimum atomic E-state index is -3.92. The van der Waals surface area contributed by atoms with Crippen LogP contribution in [0.15, 0.2) is 78.1 Å². The fourth-order valence-corrected chi connectivity index (χ4v) is 7.42. The molecule has 2 aromatic heterocycles. The van der Waals surface area contributed by atoms with Crippen molar-refractivity contribution in [1.82, 2.24) is 19.9 Å². The number of nitrogens with zero attached hydrogens (tertiary/aromatic N) is 3. The van der Waals surface area contributed by atoms with Gasteiger partial charge in [-0.3, -0.25) is 24.8 Å². The van der Waals surface area contributed by atoms with Crippen LogP contribution in [0.1, 0.15) is 29.5 Å². The number of methoxy groups -OCH3 is 1. The third kappa shape index (κ3) is 5.21. The highest BCUT2D eigenvalue weighted by molar-refractivity contribution is 7.92. The summed E-state index contributed by atoms with van der Waals surface area (Å²) in [5.74, 6) is 0.564. The second-order valence-corrected chi connectivity index (χ2v) is 12.4. The van der Waals surface area contributed by atoms with Crippen LogP contribution in [0, 0.1) is 13.8 Å². The van der Waals surface area contributed by atoms with Gasteiger partial charge in [-0.1, -0.05) is 12.1 Å². The molecule has 11 heteroatoms. The summed E-state index contributed by atoms with van der Waals surface area (Å²) in [6.07, 6.45) is 8.74. The van der Waals surface area contributed by atoms with Gasteiger partial charge in [0.1, 0.15) is 17.9 Å². The highest BCUT2D eigenvalue weighted by Gasteiger charge is 2.40. The van der Waals surface area contributed by atoms with Crippen molar-refractivity contribution in [2.45, 2.75) is 43.7 Å². The van der Waals surface area contributed by atoms with Gasteiger partial charge in [-0.15, -0.1) is 0 Å². The first kappa shape index (κ1) is 27.8. The predicted molar refractivity (Wildman–Crippen MR) is 160 cm³/mol. The number of nitrogens with one attached hydrogen (secondary N) is 2. The van der Waals surface area contributed by atoms with Crippen molar-refractivity contribution in [3.8, 4) is 5.75 Å². The smallest absolute Gasteiger partial charge is 0.262 e. The molecule has 1 spiro atoms. The number of benzene rings is 2. The van der Waals surface area contributed by atoms with Crippen molar-refractivity contribution in [3.63, 3.8) is 0 Å². The number of piperidine rings is 1. The first-order valence-corrected chi connectivity index (χ1v) is 15.3. The first-order chi connectivity index (χ1) is 20.2. The Morgan fingerprint density at radius 1 is 1.10 bits per heavy atom. The molecule has 1 amide bonds. The molecule has 10 nitrogen and oxygen atoms in total. The van der Waals surface area contributed by atoms with Gasteiger partial charge in [0.2, 0.25) is 5.91 Å². The topological polar surface area (TPSA) is 115 Å². The number of aryl methyl sites for hydroxylation is 2. The highest BCUT2D eigenvalue weighted by Crippen LogP contribution is 2.35. The standard InChI is InChI=1S/C31H33N5O5S/c1-21-17-25(40-3)18-22(2)30(21)42(38,39)34-26-6-4-5-24-9-14-36(29(24)26)20-28(37)35-15-10-31(11-16-35)19-27(33-41-31)23-7-12-32-13-8-23/h4-9,12-14,17-19,33-34H,10-11,15-16,20H2,1-3H3.